The summed E-state index contributed by atoms with van der Waals surface area (Å²) in [5.74, 6) is -0.761. The maximum Gasteiger partial charge on any atom is 0.352 e. The molecule has 0 saturated heterocycles. The first-order valence-corrected chi connectivity index (χ1v) is 6.55. The average Bonchev–Trinajstić information content (AvgIpc) is 2.83. The van der Waals surface area contributed by atoms with Gasteiger partial charge in [0.2, 0.25) is 0 Å². The van der Waals surface area contributed by atoms with E-state index < -0.39 is 10.9 Å². The quantitative estimate of drug-likeness (QED) is 0.676. The lowest BCUT2D eigenvalue weighted by Crippen LogP contribution is -2.08. The molecule has 6 heteroatoms. The smallest absolute Gasteiger partial charge is 0.352 e. The fourth-order valence-electron chi connectivity index (χ4n) is 2.11. The molecular weight excluding hydrogens is 272 g/mol. The number of nitro groups is 1. The molecule has 1 aromatic heterocycles. The molecule has 21 heavy (non-hydrogen) atoms. The van der Waals surface area contributed by atoms with E-state index in [0.29, 0.717) is 5.92 Å². The van der Waals surface area contributed by atoms with Crippen LogP contribution in [-0.2, 0) is 6.54 Å². The van der Waals surface area contributed by atoms with E-state index in [0.717, 1.165) is 11.6 Å². The van der Waals surface area contributed by atoms with Gasteiger partial charge in [0.05, 0.1) is 11.1 Å². The second-order valence-electron chi connectivity index (χ2n) is 5.17. The van der Waals surface area contributed by atoms with Gasteiger partial charge in [0.15, 0.2) is 0 Å². The number of hydrogen-bond donors (Lipinski definition) is 1. The lowest BCUT2D eigenvalue weighted by molar-refractivity contribution is -0.384. The summed E-state index contributed by atoms with van der Waals surface area (Å²) in [6.45, 7) is 4.47. The number of benzene rings is 1. The van der Waals surface area contributed by atoms with Crippen LogP contribution in [0.25, 0.3) is 0 Å². The molecule has 6 nitrogen and oxygen atoms in total. The first kappa shape index (κ1) is 14.8. The van der Waals surface area contributed by atoms with E-state index in [2.05, 4.69) is 13.8 Å². The molecule has 1 heterocycles. The highest BCUT2D eigenvalue weighted by Crippen LogP contribution is 2.19. The van der Waals surface area contributed by atoms with E-state index in [1.54, 1.807) is 0 Å². The minimum Gasteiger partial charge on any atom is -0.477 e. The molecule has 2 aromatic rings. The molecule has 1 N–H and O–H groups in total. The molecular formula is C15H16N2O4. The van der Waals surface area contributed by atoms with E-state index in [1.807, 2.05) is 24.3 Å². The molecule has 0 spiro atoms. The van der Waals surface area contributed by atoms with Crippen molar-refractivity contribution < 1.29 is 14.8 Å². The van der Waals surface area contributed by atoms with Gasteiger partial charge in [-0.15, -0.1) is 0 Å². The van der Waals surface area contributed by atoms with Gasteiger partial charge >= 0.3 is 5.97 Å². The molecule has 2 rings (SSSR count). The zero-order valence-corrected chi connectivity index (χ0v) is 11.8. The van der Waals surface area contributed by atoms with Crippen LogP contribution in [0.15, 0.2) is 36.5 Å². The van der Waals surface area contributed by atoms with Crippen molar-refractivity contribution in [2.24, 2.45) is 0 Å². The van der Waals surface area contributed by atoms with Gasteiger partial charge in [-0.25, -0.2) is 4.79 Å². The standard InChI is InChI=1S/C15H16N2O4/c1-10(2)12-5-3-11(4-6-12)8-16-9-13(17(20)21)7-14(16)15(18)19/h3-7,9-10H,8H2,1-2H3,(H,18,19). The van der Waals surface area contributed by atoms with Gasteiger partial charge in [-0.3, -0.25) is 10.1 Å². The highest BCUT2D eigenvalue weighted by Gasteiger charge is 2.18. The number of carboxylic acids is 1. The minimum atomic E-state index is -1.18. The van der Waals surface area contributed by atoms with Crippen LogP contribution < -0.4 is 0 Å². The zero-order chi connectivity index (χ0) is 15.6. The summed E-state index contributed by atoms with van der Waals surface area (Å²) < 4.78 is 1.38. The number of aromatic nitrogens is 1. The van der Waals surface area contributed by atoms with Crippen molar-refractivity contribution in [1.82, 2.24) is 4.57 Å². The number of rotatable bonds is 5. The largest absolute Gasteiger partial charge is 0.477 e. The normalized spacial score (nSPS) is 10.8. The van der Waals surface area contributed by atoms with Gasteiger partial charge in [0, 0.05) is 12.6 Å². The Morgan fingerprint density at radius 2 is 1.95 bits per heavy atom. The van der Waals surface area contributed by atoms with Crippen LogP contribution in [0.3, 0.4) is 0 Å². The molecule has 1 aromatic carbocycles. The maximum atomic E-state index is 11.1. The highest BCUT2D eigenvalue weighted by atomic mass is 16.6. The van der Waals surface area contributed by atoms with Crippen LogP contribution in [0.4, 0.5) is 5.69 Å². The first-order chi connectivity index (χ1) is 9.88. The van der Waals surface area contributed by atoms with E-state index in [4.69, 9.17) is 5.11 Å². The summed E-state index contributed by atoms with van der Waals surface area (Å²) in [5.41, 5.74) is 1.78. The van der Waals surface area contributed by atoms with Crippen LogP contribution in [0.2, 0.25) is 0 Å². The summed E-state index contributed by atoms with van der Waals surface area (Å²) in [4.78, 5) is 21.3. The van der Waals surface area contributed by atoms with Gasteiger partial charge in [0.1, 0.15) is 5.69 Å². The molecule has 0 aliphatic heterocycles. The Hall–Kier alpha value is -2.63. The molecule has 0 aliphatic rings. The monoisotopic (exact) mass is 288 g/mol. The third kappa shape index (κ3) is 3.28. The lowest BCUT2D eigenvalue weighted by Gasteiger charge is -2.08. The fourth-order valence-corrected chi connectivity index (χ4v) is 2.11. The van der Waals surface area contributed by atoms with Crippen LogP contribution in [0.1, 0.15) is 41.4 Å². The van der Waals surface area contributed by atoms with Crippen LogP contribution in [-0.4, -0.2) is 20.6 Å². The van der Waals surface area contributed by atoms with Gasteiger partial charge in [-0.1, -0.05) is 38.1 Å². The minimum absolute atomic E-state index is 0.0883. The molecule has 0 fully saturated rings. The number of carboxylic acid groups (broad SMARTS) is 1. The Morgan fingerprint density at radius 1 is 1.33 bits per heavy atom. The van der Waals surface area contributed by atoms with Crippen molar-refractivity contribution >= 4 is 11.7 Å². The summed E-state index contributed by atoms with van der Waals surface area (Å²) in [6.07, 6.45) is 1.25. The van der Waals surface area contributed by atoms with E-state index in [9.17, 15) is 14.9 Å². The Kier molecular flexibility index (Phi) is 4.07. The number of nitrogens with zero attached hydrogens (tertiary/aromatic N) is 2. The van der Waals surface area contributed by atoms with Gasteiger partial charge in [0.25, 0.3) is 5.69 Å². The fraction of sp³-hybridized carbons (Fsp3) is 0.267. The molecule has 0 radical (unpaired) electrons. The molecule has 0 aliphatic carbocycles. The Balaban J connectivity index is 2.30. The Labute approximate surface area is 121 Å². The second kappa shape index (κ2) is 5.78. The van der Waals surface area contributed by atoms with E-state index in [1.165, 1.54) is 16.3 Å². The molecule has 0 amide bonds. The van der Waals surface area contributed by atoms with Crippen LogP contribution in [0, 0.1) is 10.1 Å². The molecule has 0 unspecified atom stereocenters. The average molecular weight is 288 g/mol. The summed E-state index contributed by atoms with van der Waals surface area (Å²) in [7, 11) is 0. The van der Waals surface area contributed by atoms with Crippen molar-refractivity contribution in [3.63, 3.8) is 0 Å². The van der Waals surface area contributed by atoms with Crippen molar-refractivity contribution in [1.29, 1.82) is 0 Å². The van der Waals surface area contributed by atoms with Gasteiger partial charge in [-0.05, 0) is 17.0 Å². The zero-order valence-electron chi connectivity index (χ0n) is 11.8. The molecule has 0 saturated carbocycles. The van der Waals surface area contributed by atoms with Gasteiger partial charge < -0.3 is 9.67 Å². The van der Waals surface area contributed by atoms with E-state index in [-0.39, 0.29) is 17.9 Å². The van der Waals surface area contributed by atoms with Crippen molar-refractivity contribution in [3.8, 4) is 0 Å². The lowest BCUT2D eigenvalue weighted by atomic mass is 10.0. The SMILES string of the molecule is CC(C)c1ccc(Cn2cc([N+](=O)[O-])cc2C(=O)O)cc1. The predicted octanol–water partition coefficient (Wildman–Crippen LogP) is 3.27. The molecule has 110 valence electrons. The predicted molar refractivity (Wildman–Crippen MR) is 77.7 cm³/mol. The summed E-state index contributed by atoms with van der Waals surface area (Å²) in [6, 6.07) is 8.86. The molecule has 0 atom stereocenters. The molecule has 0 bridgehead atoms. The summed E-state index contributed by atoms with van der Waals surface area (Å²) >= 11 is 0. The van der Waals surface area contributed by atoms with Crippen LogP contribution in [0.5, 0.6) is 0 Å². The number of carbonyl (C=O) groups is 1. The maximum absolute atomic E-state index is 11.1. The van der Waals surface area contributed by atoms with Crippen molar-refractivity contribution in [2.75, 3.05) is 0 Å². The van der Waals surface area contributed by atoms with Crippen molar-refractivity contribution in [3.05, 3.63) is 63.5 Å². The Morgan fingerprint density at radius 3 is 2.43 bits per heavy atom. The van der Waals surface area contributed by atoms with Crippen molar-refractivity contribution in [2.45, 2.75) is 26.3 Å². The Bertz CT molecular complexity index is 671. The van der Waals surface area contributed by atoms with E-state index >= 15 is 0 Å². The summed E-state index contributed by atoms with van der Waals surface area (Å²) in [5, 5.41) is 19.9. The number of hydrogen-bond acceptors (Lipinski definition) is 3. The number of aromatic carboxylic acids is 1. The highest BCUT2D eigenvalue weighted by molar-refractivity contribution is 5.87. The van der Waals surface area contributed by atoms with Gasteiger partial charge in [-0.2, -0.15) is 0 Å². The van der Waals surface area contributed by atoms with Crippen LogP contribution >= 0.6 is 0 Å². The third-order valence-electron chi connectivity index (χ3n) is 3.31. The second-order valence-corrected chi connectivity index (χ2v) is 5.17. The third-order valence-corrected chi connectivity index (χ3v) is 3.31. The topological polar surface area (TPSA) is 85.4 Å². The first-order valence-electron chi connectivity index (χ1n) is 6.55.